The summed E-state index contributed by atoms with van der Waals surface area (Å²) in [4.78, 5) is 12.3. The zero-order chi connectivity index (χ0) is 30.2. The molecule has 0 aliphatic carbocycles. The molecule has 5 heteroatoms. The van der Waals surface area contributed by atoms with Gasteiger partial charge in [-0.15, -0.1) is 0 Å². The first-order valence-corrected chi connectivity index (χ1v) is 18.3. The minimum absolute atomic E-state index is 0.144. The lowest BCUT2D eigenvalue weighted by Gasteiger charge is -2.26. The summed E-state index contributed by atoms with van der Waals surface area (Å²) >= 11 is 0. The number of amides is 1. The fraction of sp³-hybridized carbons (Fsp3) is 0.972. The molecule has 1 amide bonds. The maximum atomic E-state index is 12.3. The third kappa shape index (κ3) is 27.9. The molecule has 3 unspecified atom stereocenters. The minimum Gasteiger partial charge on any atom is -0.394 e. The highest BCUT2D eigenvalue weighted by atomic mass is 16.3. The largest absolute Gasteiger partial charge is 0.394 e. The van der Waals surface area contributed by atoms with Crippen LogP contribution < -0.4 is 5.32 Å². The lowest BCUT2D eigenvalue weighted by molar-refractivity contribution is -0.124. The van der Waals surface area contributed by atoms with E-state index in [1.807, 2.05) is 0 Å². The van der Waals surface area contributed by atoms with Gasteiger partial charge >= 0.3 is 0 Å². The van der Waals surface area contributed by atoms with E-state index in [0.29, 0.717) is 12.8 Å². The van der Waals surface area contributed by atoms with Gasteiger partial charge in [-0.3, -0.25) is 4.79 Å². The summed E-state index contributed by atoms with van der Waals surface area (Å²) in [5.41, 5.74) is 0. The first kappa shape index (κ1) is 40.4. The molecule has 0 heterocycles. The number of hydrogen-bond donors (Lipinski definition) is 4. The van der Waals surface area contributed by atoms with E-state index in [1.54, 1.807) is 0 Å². The van der Waals surface area contributed by atoms with Crippen LogP contribution in [0.1, 0.15) is 200 Å². The monoisotopic (exact) mass is 584 g/mol. The van der Waals surface area contributed by atoms with Crippen LogP contribution in [0.25, 0.3) is 0 Å². The lowest BCUT2D eigenvalue weighted by atomic mass is 9.99. The molecule has 0 bridgehead atoms. The first-order chi connectivity index (χ1) is 20.1. The van der Waals surface area contributed by atoms with Crippen molar-refractivity contribution in [2.75, 3.05) is 6.61 Å². The standard InChI is InChI=1S/C36H73NO4/c1-3-5-7-9-11-13-14-15-16-17-18-19-20-21-22-23-25-27-29-31-35(40)37-33(32-38)36(41)34(39)30-28-26-24-12-10-8-6-4-2/h33-34,36,38-39,41H,3-32H2,1-2H3,(H,37,40). The number of hydrogen-bond acceptors (Lipinski definition) is 4. The van der Waals surface area contributed by atoms with Gasteiger partial charge in [0.25, 0.3) is 0 Å². The normalized spacial score (nSPS) is 13.8. The Morgan fingerprint density at radius 3 is 1.17 bits per heavy atom. The number of aliphatic hydroxyl groups is 3. The van der Waals surface area contributed by atoms with E-state index in [1.165, 1.54) is 135 Å². The topological polar surface area (TPSA) is 89.8 Å². The van der Waals surface area contributed by atoms with Crippen LogP contribution in [0, 0.1) is 0 Å². The van der Waals surface area contributed by atoms with Crippen LogP contribution in [0.15, 0.2) is 0 Å². The van der Waals surface area contributed by atoms with Gasteiger partial charge in [-0.1, -0.05) is 181 Å². The molecule has 0 spiro atoms. The summed E-state index contributed by atoms with van der Waals surface area (Å²) in [6.45, 7) is 4.14. The number of aliphatic hydroxyl groups excluding tert-OH is 3. The van der Waals surface area contributed by atoms with Crippen LogP contribution in [0.4, 0.5) is 0 Å². The van der Waals surface area contributed by atoms with E-state index in [2.05, 4.69) is 19.2 Å². The fourth-order valence-corrected chi connectivity index (χ4v) is 5.81. The molecule has 0 aliphatic heterocycles. The van der Waals surface area contributed by atoms with Gasteiger partial charge in [0.1, 0.15) is 6.10 Å². The number of carbonyl (C=O) groups is 1. The lowest BCUT2D eigenvalue weighted by Crippen LogP contribution is -2.50. The van der Waals surface area contributed by atoms with Crippen molar-refractivity contribution < 1.29 is 20.1 Å². The second-order valence-electron chi connectivity index (χ2n) is 12.8. The van der Waals surface area contributed by atoms with E-state index in [9.17, 15) is 20.1 Å². The summed E-state index contributed by atoms with van der Waals surface area (Å²) in [6.07, 6.45) is 33.5. The molecule has 246 valence electrons. The maximum absolute atomic E-state index is 12.3. The number of nitrogens with one attached hydrogen (secondary N) is 1. The Balaban J connectivity index is 3.58. The van der Waals surface area contributed by atoms with Crippen molar-refractivity contribution in [3.8, 4) is 0 Å². The van der Waals surface area contributed by atoms with Gasteiger partial charge in [0.2, 0.25) is 5.91 Å². The first-order valence-electron chi connectivity index (χ1n) is 18.3. The van der Waals surface area contributed by atoms with E-state index < -0.39 is 18.2 Å². The number of unbranched alkanes of at least 4 members (excludes halogenated alkanes) is 25. The third-order valence-corrected chi connectivity index (χ3v) is 8.71. The zero-order valence-electron chi connectivity index (χ0n) is 27.7. The molecule has 41 heavy (non-hydrogen) atoms. The molecule has 5 nitrogen and oxygen atoms in total. The smallest absolute Gasteiger partial charge is 0.220 e. The summed E-state index contributed by atoms with van der Waals surface area (Å²) in [6, 6.07) is -0.799. The molecule has 0 saturated heterocycles. The maximum Gasteiger partial charge on any atom is 0.220 e. The van der Waals surface area contributed by atoms with Gasteiger partial charge in [-0.25, -0.2) is 0 Å². The summed E-state index contributed by atoms with van der Waals surface area (Å²) in [5.74, 6) is -0.144. The molecule has 0 aromatic heterocycles. The van der Waals surface area contributed by atoms with Gasteiger partial charge in [0.05, 0.1) is 18.8 Å². The molecular formula is C36H73NO4. The van der Waals surface area contributed by atoms with Crippen molar-refractivity contribution >= 4 is 5.91 Å². The van der Waals surface area contributed by atoms with Crippen molar-refractivity contribution in [3.05, 3.63) is 0 Å². The molecule has 0 saturated carbocycles. The highest BCUT2D eigenvalue weighted by Crippen LogP contribution is 2.16. The minimum atomic E-state index is -1.13. The van der Waals surface area contributed by atoms with Gasteiger partial charge in [0, 0.05) is 6.42 Å². The predicted octanol–water partition coefficient (Wildman–Crippen LogP) is 9.54. The Morgan fingerprint density at radius 2 is 0.829 bits per heavy atom. The Labute approximate surface area is 256 Å². The summed E-state index contributed by atoms with van der Waals surface area (Å²) in [7, 11) is 0. The van der Waals surface area contributed by atoms with Gasteiger partial charge < -0.3 is 20.6 Å². The van der Waals surface area contributed by atoms with Crippen LogP contribution in [0.3, 0.4) is 0 Å². The number of rotatable bonds is 33. The van der Waals surface area contributed by atoms with E-state index >= 15 is 0 Å². The molecule has 0 aromatic carbocycles. The van der Waals surface area contributed by atoms with Crippen LogP contribution in [-0.2, 0) is 4.79 Å². The van der Waals surface area contributed by atoms with Crippen LogP contribution in [0.5, 0.6) is 0 Å². The van der Waals surface area contributed by atoms with E-state index in [0.717, 1.165) is 38.5 Å². The average Bonchev–Trinajstić information content (AvgIpc) is 2.97. The molecule has 0 aliphatic rings. The van der Waals surface area contributed by atoms with Crippen molar-refractivity contribution in [1.29, 1.82) is 0 Å². The second kappa shape index (κ2) is 32.3. The zero-order valence-corrected chi connectivity index (χ0v) is 27.7. The van der Waals surface area contributed by atoms with Crippen molar-refractivity contribution in [2.45, 2.75) is 218 Å². The molecule has 0 radical (unpaired) electrons. The van der Waals surface area contributed by atoms with E-state index in [-0.39, 0.29) is 12.5 Å². The highest BCUT2D eigenvalue weighted by Gasteiger charge is 2.26. The Morgan fingerprint density at radius 1 is 0.512 bits per heavy atom. The van der Waals surface area contributed by atoms with Crippen molar-refractivity contribution in [3.63, 3.8) is 0 Å². The molecule has 4 N–H and O–H groups in total. The SMILES string of the molecule is CCCCCCCCCCCCCCCCCCCCCC(=O)NC(CO)C(O)C(O)CCCCCCCCCC. The molecule has 3 atom stereocenters. The second-order valence-corrected chi connectivity index (χ2v) is 12.8. The molecule has 0 aromatic rings. The summed E-state index contributed by atoms with van der Waals surface area (Å²) < 4.78 is 0. The number of carbonyl (C=O) groups excluding carboxylic acids is 1. The van der Waals surface area contributed by atoms with E-state index in [4.69, 9.17) is 0 Å². The third-order valence-electron chi connectivity index (χ3n) is 8.71. The Kier molecular flexibility index (Phi) is 31.8. The van der Waals surface area contributed by atoms with Crippen molar-refractivity contribution in [1.82, 2.24) is 5.32 Å². The predicted molar refractivity (Wildman–Crippen MR) is 176 cm³/mol. The van der Waals surface area contributed by atoms with Gasteiger partial charge in [0.15, 0.2) is 0 Å². The Bertz CT molecular complexity index is 530. The Hall–Kier alpha value is -0.650. The van der Waals surface area contributed by atoms with Crippen LogP contribution in [0.2, 0.25) is 0 Å². The van der Waals surface area contributed by atoms with Crippen molar-refractivity contribution in [2.24, 2.45) is 0 Å². The molecule has 0 rings (SSSR count). The van der Waals surface area contributed by atoms with Crippen LogP contribution in [-0.4, -0.2) is 46.1 Å². The molecule has 0 fully saturated rings. The molecular weight excluding hydrogens is 510 g/mol. The van der Waals surface area contributed by atoms with Gasteiger partial charge in [-0.05, 0) is 12.8 Å². The quantitative estimate of drug-likeness (QED) is 0.0579. The fourth-order valence-electron chi connectivity index (χ4n) is 5.81. The summed E-state index contributed by atoms with van der Waals surface area (Å²) in [5, 5.41) is 33.2. The average molecular weight is 584 g/mol. The van der Waals surface area contributed by atoms with Crippen LogP contribution >= 0.6 is 0 Å². The van der Waals surface area contributed by atoms with Gasteiger partial charge in [-0.2, -0.15) is 0 Å². The highest BCUT2D eigenvalue weighted by molar-refractivity contribution is 5.76.